The van der Waals surface area contributed by atoms with E-state index >= 15 is 0 Å². The van der Waals surface area contributed by atoms with Gasteiger partial charge in [-0.1, -0.05) is 6.07 Å². The highest BCUT2D eigenvalue weighted by molar-refractivity contribution is 5.94. The van der Waals surface area contributed by atoms with Crippen molar-refractivity contribution in [3.63, 3.8) is 0 Å². The van der Waals surface area contributed by atoms with Crippen molar-refractivity contribution in [2.24, 2.45) is 0 Å². The lowest BCUT2D eigenvalue weighted by molar-refractivity contribution is -0.0498. The van der Waals surface area contributed by atoms with Crippen molar-refractivity contribution in [1.29, 1.82) is 0 Å². The van der Waals surface area contributed by atoms with Gasteiger partial charge in [-0.3, -0.25) is 9.78 Å². The average Bonchev–Trinajstić information content (AvgIpc) is 2.60. The molecule has 1 amide bonds. The summed E-state index contributed by atoms with van der Waals surface area (Å²) in [6, 6.07) is 5.76. The number of carbonyl (C=O) groups excluding carboxylic acids is 1. The zero-order chi connectivity index (χ0) is 17.8. The molecule has 5 nitrogen and oxygen atoms in total. The zero-order valence-electron chi connectivity index (χ0n) is 13.8. The molecule has 0 atom stereocenters. The van der Waals surface area contributed by atoms with Crippen LogP contribution in [0.15, 0.2) is 30.5 Å². The molecule has 1 aliphatic rings. The van der Waals surface area contributed by atoms with Gasteiger partial charge in [0.15, 0.2) is 0 Å². The molecule has 2 heterocycles. The number of hydrogen-bond acceptors (Lipinski definition) is 4. The van der Waals surface area contributed by atoms with Gasteiger partial charge in [0.1, 0.15) is 5.75 Å². The second-order valence-corrected chi connectivity index (χ2v) is 5.84. The number of nitrogens with zero attached hydrogens (tertiary/aromatic N) is 1. The van der Waals surface area contributed by atoms with Crippen molar-refractivity contribution in [3.8, 4) is 5.75 Å². The molecule has 2 aromatic rings. The minimum atomic E-state index is -2.92. The van der Waals surface area contributed by atoms with Gasteiger partial charge in [0, 0.05) is 30.5 Å². The van der Waals surface area contributed by atoms with Crippen molar-refractivity contribution < 1.29 is 18.3 Å². The first-order chi connectivity index (χ1) is 12.0. The predicted octanol–water partition coefficient (Wildman–Crippen LogP) is 2.57. The van der Waals surface area contributed by atoms with Crippen molar-refractivity contribution in [2.75, 3.05) is 6.54 Å². The third-order valence-corrected chi connectivity index (χ3v) is 4.22. The Morgan fingerprint density at radius 1 is 1.44 bits per heavy atom. The molecule has 25 heavy (non-hydrogen) atoms. The lowest BCUT2D eigenvalue weighted by Gasteiger charge is -2.21. The minimum Gasteiger partial charge on any atom is -0.435 e. The summed E-state index contributed by atoms with van der Waals surface area (Å²) in [4.78, 5) is 16.7. The van der Waals surface area contributed by atoms with Crippen LogP contribution in [0.2, 0.25) is 0 Å². The summed E-state index contributed by atoms with van der Waals surface area (Å²) < 4.78 is 28.9. The van der Waals surface area contributed by atoms with Crippen LogP contribution in [-0.2, 0) is 19.5 Å². The Morgan fingerprint density at radius 3 is 3.08 bits per heavy atom. The first-order valence-electron chi connectivity index (χ1n) is 8.04. The topological polar surface area (TPSA) is 63.2 Å². The number of aromatic nitrogens is 1. The van der Waals surface area contributed by atoms with E-state index in [9.17, 15) is 13.6 Å². The molecular formula is C18H19F2N3O2. The number of amides is 1. The van der Waals surface area contributed by atoms with E-state index in [0.717, 1.165) is 36.3 Å². The van der Waals surface area contributed by atoms with Gasteiger partial charge in [-0.15, -0.1) is 0 Å². The molecule has 0 unspecified atom stereocenters. The molecule has 7 heteroatoms. The Balaban J connectivity index is 1.73. The van der Waals surface area contributed by atoms with Crippen molar-refractivity contribution in [3.05, 3.63) is 58.4 Å². The number of rotatable bonds is 5. The molecule has 0 saturated carbocycles. The summed E-state index contributed by atoms with van der Waals surface area (Å²) >= 11 is 0. The van der Waals surface area contributed by atoms with Crippen LogP contribution in [0.3, 0.4) is 0 Å². The highest BCUT2D eigenvalue weighted by atomic mass is 19.3. The van der Waals surface area contributed by atoms with Crippen LogP contribution in [0.25, 0.3) is 0 Å². The van der Waals surface area contributed by atoms with Gasteiger partial charge < -0.3 is 15.4 Å². The van der Waals surface area contributed by atoms with Gasteiger partial charge in [0.2, 0.25) is 0 Å². The van der Waals surface area contributed by atoms with Crippen LogP contribution in [0.4, 0.5) is 8.78 Å². The number of hydrogen-bond donors (Lipinski definition) is 2. The van der Waals surface area contributed by atoms with Crippen LogP contribution in [0, 0.1) is 6.92 Å². The van der Waals surface area contributed by atoms with Crippen molar-refractivity contribution in [2.45, 2.75) is 33.0 Å². The molecule has 3 rings (SSSR count). The van der Waals surface area contributed by atoms with Gasteiger partial charge in [0.25, 0.3) is 5.91 Å². The lowest BCUT2D eigenvalue weighted by atomic mass is 9.96. The number of ether oxygens (including phenoxy) is 1. The maximum atomic E-state index is 12.3. The fourth-order valence-electron chi connectivity index (χ4n) is 2.96. The molecule has 0 fully saturated rings. The van der Waals surface area contributed by atoms with E-state index in [1.54, 1.807) is 6.07 Å². The number of aryl methyl sites for hydroxylation is 1. The third-order valence-electron chi connectivity index (χ3n) is 4.22. The maximum absolute atomic E-state index is 12.3. The van der Waals surface area contributed by atoms with E-state index in [2.05, 4.69) is 20.4 Å². The van der Waals surface area contributed by atoms with Crippen molar-refractivity contribution in [1.82, 2.24) is 15.6 Å². The number of halogens is 2. The highest BCUT2D eigenvalue weighted by Crippen LogP contribution is 2.21. The highest BCUT2D eigenvalue weighted by Gasteiger charge is 2.17. The van der Waals surface area contributed by atoms with E-state index in [4.69, 9.17) is 0 Å². The molecule has 0 radical (unpaired) electrons. The standard InChI is InChI=1S/C18H19F2N3O2/c1-11-16(15-5-6-21-8-13(15)9-22-11)10-23-17(24)12-3-2-4-14(7-12)25-18(19)20/h2-4,7,9,18,21H,5-6,8,10H2,1H3,(H,23,24). The minimum absolute atomic E-state index is 0.0383. The normalized spacial score (nSPS) is 13.4. The van der Waals surface area contributed by atoms with Crippen molar-refractivity contribution >= 4 is 5.91 Å². The third kappa shape index (κ3) is 4.11. The average molecular weight is 347 g/mol. The van der Waals surface area contributed by atoms with E-state index < -0.39 is 6.61 Å². The van der Waals surface area contributed by atoms with Crippen LogP contribution in [0.1, 0.15) is 32.7 Å². The smallest absolute Gasteiger partial charge is 0.387 e. The van der Waals surface area contributed by atoms with Crippen LogP contribution in [-0.4, -0.2) is 24.0 Å². The van der Waals surface area contributed by atoms with Gasteiger partial charge >= 0.3 is 6.61 Å². The number of carbonyl (C=O) groups is 1. The molecule has 1 aromatic heterocycles. The molecule has 132 valence electrons. The van der Waals surface area contributed by atoms with Gasteiger partial charge in [-0.2, -0.15) is 8.78 Å². The molecule has 0 bridgehead atoms. The summed E-state index contributed by atoms with van der Waals surface area (Å²) in [7, 11) is 0. The molecular weight excluding hydrogens is 328 g/mol. The predicted molar refractivity (Wildman–Crippen MR) is 88.6 cm³/mol. The maximum Gasteiger partial charge on any atom is 0.387 e. The Morgan fingerprint density at radius 2 is 2.28 bits per heavy atom. The summed E-state index contributed by atoms with van der Waals surface area (Å²) in [5.41, 5.74) is 4.55. The monoisotopic (exact) mass is 347 g/mol. The summed E-state index contributed by atoms with van der Waals surface area (Å²) in [5.74, 6) is -0.380. The fourth-order valence-corrected chi connectivity index (χ4v) is 2.96. The molecule has 1 aromatic carbocycles. The summed E-state index contributed by atoms with van der Waals surface area (Å²) in [6.45, 7) is 1.01. The number of benzene rings is 1. The summed E-state index contributed by atoms with van der Waals surface area (Å²) in [5, 5.41) is 6.14. The molecule has 0 saturated heterocycles. The molecule has 0 spiro atoms. The Bertz CT molecular complexity index is 781. The first kappa shape index (κ1) is 17.3. The van der Waals surface area contributed by atoms with E-state index in [1.807, 2.05) is 13.1 Å². The number of fused-ring (bicyclic) bond motifs is 1. The number of nitrogens with one attached hydrogen (secondary N) is 2. The Labute approximate surface area is 144 Å². The SMILES string of the molecule is Cc1ncc2c(c1CNC(=O)c1cccc(OC(F)F)c1)CCNC2. The van der Waals surface area contributed by atoms with E-state index in [0.29, 0.717) is 6.54 Å². The van der Waals surface area contributed by atoms with E-state index in [1.165, 1.54) is 23.8 Å². The van der Waals surface area contributed by atoms with Crippen LogP contribution < -0.4 is 15.4 Å². The molecule has 0 aliphatic carbocycles. The molecule has 1 aliphatic heterocycles. The first-order valence-corrected chi connectivity index (χ1v) is 8.04. The zero-order valence-corrected chi connectivity index (χ0v) is 13.8. The Kier molecular flexibility index (Phi) is 5.23. The second-order valence-electron chi connectivity index (χ2n) is 5.84. The second kappa shape index (κ2) is 7.57. The number of alkyl halides is 2. The van der Waals surface area contributed by atoms with Gasteiger partial charge in [-0.05, 0) is 54.8 Å². The van der Waals surface area contributed by atoms with Gasteiger partial charge in [0.05, 0.1) is 0 Å². The summed E-state index contributed by atoms with van der Waals surface area (Å²) in [6.07, 6.45) is 2.76. The fraction of sp³-hybridized carbons (Fsp3) is 0.333. The quantitative estimate of drug-likeness (QED) is 0.873. The number of pyridine rings is 1. The lowest BCUT2D eigenvalue weighted by Crippen LogP contribution is -2.28. The Hall–Kier alpha value is -2.54. The van der Waals surface area contributed by atoms with Gasteiger partial charge in [-0.25, -0.2) is 0 Å². The van der Waals surface area contributed by atoms with Crippen LogP contribution >= 0.6 is 0 Å². The van der Waals surface area contributed by atoms with E-state index in [-0.39, 0.29) is 17.2 Å². The largest absolute Gasteiger partial charge is 0.435 e. The van der Waals surface area contributed by atoms with Crippen LogP contribution in [0.5, 0.6) is 5.75 Å². The molecule has 2 N–H and O–H groups in total.